The molecule has 0 radical (unpaired) electrons. The van der Waals surface area contributed by atoms with E-state index in [1.165, 1.54) is 45.1 Å². The number of carboxylic acid groups (broad SMARTS) is 2. The Balaban J connectivity index is 0.000000409. The lowest BCUT2D eigenvalue weighted by Gasteiger charge is -2.18. The fraction of sp³-hybridized carbons (Fsp3) is 0.647. The molecule has 0 amide bonds. The fourth-order valence-corrected chi connectivity index (χ4v) is 2.16. The Morgan fingerprint density at radius 2 is 1.55 bits per heavy atom. The van der Waals surface area contributed by atoms with Crippen LogP contribution >= 0.6 is 0 Å². The van der Waals surface area contributed by atoms with Crippen molar-refractivity contribution >= 4 is 11.9 Å². The van der Waals surface area contributed by atoms with Crippen LogP contribution in [0.2, 0.25) is 0 Å². The van der Waals surface area contributed by atoms with Crippen LogP contribution in [-0.4, -0.2) is 33.4 Å². The average Bonchev–Trinajstić information content (AvgIpc) is 2.46. The van der Waals surface area contributed by atoms with Gasteiger partial charge >= 0.3 is 11.9 Å². The Labute approximate surface area is 132 Å². The Bertz CT molecular complexity index is 415. The molecule has 5 heteroatoms. The predicted octanol–water partition coefficient (Wildman–Crippen LogP) is 3.39. The summed E-state index contributed by atoms with van der Waals surface area (Å²) in [5.41, 5.74) is 0.780. The summed E-state index contributed by atoms with van der Waals surface area (Å²) in [5, 5.41) is 25.7. The van der Waals surface area contributed by atoms with Gasteiger partial charge in [-0.15, -0.1) is 0 Å². The largest absolute Gasteiger partial charge is 0.478 e. The number of aliphatic carboxylic acids is 2. The van der Waals surface area contributed by atoms with Crippen molar-refractivity contribution in [3.05, 3.63) is 23.3 Å². The van der Waals surface area contributed by atoms with Gasteiger partial charge in [0, 0.05) is 11.1 Å². The van der Waals surface area contributed by atoms with Crippen LogP contribution < -0.4 is 0 Å². The van der Waals surface area contributed by atoms with E-state index in [1.807, 2.05) is 6.08 Å². The van der Waals surface area contributed by atoms with Gasteiger partial charge in [0.2, 0.25) is 0 Å². The summed E-state index contributed by atoms with van der Waals surface area (Å²) >= 11 is 0. The molecule has 5 nitrogen and oxygen atoms in total. The van der Waals surface area contributed by atoms with Gasteiger partial charge in [0.1, 0.15) is 0 Å². The van der Waals surface area contributed by atoms with E-state index in [9.17, 15) is 9.59 Å². The van der Waals surface area contributed by atoms with Crippen molar-refractivity contribution in [2.24, 2.45) is 5.92 Å². The number of aliphatic hydroxyl groups excluding tert-OH is 1. The monoisotopic (exact) mass is 312 g/mol. The number of carbonyl (C=O) groups is 2. The van der Waals surface area contributed by atoms with E-state index >= 15 is 0 Å². The van der Waals surface area contributed by atoms with Crippen LogP contribution in [0.3, 0.4) is 0 Å². The third-order valence-electron chi connectivity index (χ3n) is 3.58. The highest BCUT2D eigenvalue weighted by Crippen LogP contribution is 2.25. The topological polar surface area (TPSA) is 94.8 Å². The van der Waals surface area contributed by atoms with Crippen molar-refractivity contribution in [1.82, 2.24) is 0 Å². The first kappa shape index (κ1) is 20.4. The van der Waals surface area contributed by atoms with Crippen LogP contribution in [0.4, 0.5) is 0 Å². The van der Waals surface area contributed by atoms with E-state index in [2.05, 4.69) is 0 Å². The fourth-order valence-electron chi connectivity index (χ4n) is 2.16. The van der Waals surface area contributed by atoms with Crippen molar-refractivity contribution < 1.29 is 24.9 Å². The maximum atomic E-state index is 10.5. The molecule has 1 fully saturated rings. The van der Waals surface area contributed by atoms with Gasteiger partial charge < -0.3 is 15.3 Å². The highest BCUT2D eigenvalue weighted by molar-refractivity contribution is 5.86. The summed E-state index contributed by atoms with van der Waals surface area (Å²) in [6.45, 7) is 4.80. The van der Waals surface area contributed by atoms with E-state index in [0.717, 1.165) is 0 Å². The summed E-state index contributed by atoms with van der Waals surface area (Å²) in [7, 11) is 0. The van der Waals surface area contributed by atoms with E-state index in [1.54, 1.807) is 13.8 Å². The Morgan fingerprint density at radius 1 is 1.05 bits per heavy atom. The highest BCUT2D eigenvalue weighted by Gasteiger charge is 2.12. The van der Waals surface area contributed by atoms with Crippen molar-refractivity contribution in [3.8, 4) is 0 Å². The normalized spacial score (nSPS) is 18.2. The van der Waals surface area contributed by atoms with Crippen LogP contribution in [0, 0.1) is 5.92 Å². The third kappa shape index (κ3) is 10.2. The standard InChI is InChI=1S/C10H16O2.C7H12O3/c1-8(10(11)12)7-9-5-3-2-4-6-9;1-5(7(9)10)3-4-6(2)8/h7,9H,2-6H2,1H3,(H,11,12);3,6,8H,4H2,1-2H3,(H,9,10)/b8-7+;5-3+. The maximum Gasteiger partial charge on any atom is 0.330 e. The number of rotatable bonds is 5. The molecule has 0 heterocycles. The third-order valence-corrected chi connectivity index (χ3v) is 3.58. The zero-order chi connectivity index (χ0) is 17.1. The molecule has 0 aromatic carbocycles. The molecule has 126 valence electrons. The SMILES string of the molecule is C/C(=C\C1CCCCC1)C(=O)O.C/C(=C\CC(C)O)C(=O)O. The molecule has 0 aromatic rings. The maximum absolute atomic E-state index is 10.5. The number of aliphatic hydroxyl groups is 1. The predicted molar refractivity (Wildman–Crippen MR) is 85.7 cm³/mol. The van der Waals surface area contributed by atoms with Gasteiger partial charge in [0.05, 0.1) is 6.10 Å². The molecule has 1 saturated carbocycles. The Morgan fingerprint density at radius 3 is 1.95 bits per heavy atom. The first-order chi connectivity index (χ1) is 10.2. The molecule has 3 N–H and O–H groups in total. The lowest BCUT2D eigenvalue weighted by atomic mass is 9.88. The average molecular weight is 312 g/mol. The molecular weight excluding hydrogens is 284 g/mol. The van der Waals surface area contributed by atoms with E-state index < -0.39 is 18.0 Å². The molecule has 22 heavy (non-hydrogen) atoms. The molecule has 1 aliphatic carbocycles. The first-order valence-corrected chi connectivity index (χ1v) is 7.73. The smallest absolute Gasteiger partial charge is 0.330 e. The number of hydrogen-bond acceptors (Lipinski definition) is 3. The van der Waals surface area contributed by atoms with Gasteiger partial charge in [-0.2, -0.15) is 0 Å². The van der Waals surface area contributed by atoms with Gasteiger partial charge in [-0.1, -0.05) is 31.4 Å². The Hall–Kier alpha value is -1.62. The van der Waals surface area contributed by atoms with Crippen molar-refractivity contribution in [1.29, 1.82) is 0 Å². The molecule has 1 rings (SSSR count). The molecule has 1 atom stereocenters. The van der Waals surface area contributed by atoms with Crippen molar-refractivity contribution in [2.75, 3.05) is 0 Å². The molecule has 0 aliphatic heterocycles. The molecule has 0 aromatic heterocycles. The van der Waals surface area contributed by atoms with Gasteiger partial charge in [-0.05, 0) is 46.0 Å². The van der Waals surface area contributed by atoms with E-state index in [0.29, 0.717) is 17.9 Å². The van der Waals surface area contributed by atoms with Crippen molar-refractivity contribution in [2.45, 2.75) is 65.4 Å². The molecule has 1 unspecified atom stereocenters. The minimum Gasteiger partial charge on any atom is -0.478 e. The minimum absolute atomic E-state index is 0.279. The zero-order valence-corrected chi connectivity index (χ0v) is 13.7. The van der Waals surface area contributed by atoms with E-state index in [-0.39, 0.29) is 5.57 Å². The van der Waals surface area contributed by atoms with Crippen LogP contribution in [0.5, 0.6) is 0 Å². The number of allylic oxidation sites excluding steroid dienone is 1. The Kier molecular flexibility index (Phi) is 10.2. The summed E-state index contributed by atoms with van der Waals surface area (Å²) in [6.07, 6.45) is 9.54. The molecular formula is C17H28O5. The van der Waals surface area contributed by atoms with Gasteiger partial charge in [0.15, 0.2) is 0 Å². The molecule has 0 saturated heterocycles. The summed E-state index contributed by atoms with van der Waals surface area (Å²) in [4.78, 5) is 20.7. The van der Waals surface area contributed by atoms with Gasteiger partial charge in [-0.25, -0.2) is 9.59 Å². The van der Waals surface area contributed by atoms with Crippen molar-refractivity contribution in [3.63, 3.8) is 0 Å². The summed E-state index contributed by atoms with van der Waals surface area (Å²) in [6, 6.07) is 0. The van der Waals surface area contributed by atoms with E-state index in [4.69, 9.17) is 15.3 Å². The lowest BCUT2D eigenvalue weighted by molar-refractivity contribution is -0.133. The van der Waals surface area contributed by atoms with Gasteiger partial charge in [0.25, 0.3) is 0 Å². The minimum atomic E-state index is -0.930. The quantitative estimate of drug-likeness (QED) is 0.676. The second-order valence-corrected chi connectivity index (χ2v) is 5.83. The first-order valence-electron chi connectivity index (χ1n) is 7.73. The second-order valence-electron chi connectivity index (χ2n) is 5.83. The van der Waals surface area contributed by atoms with Crippen LogP contribution in [0.25, 0.3) is 0 Å². The zero-order valence-electron chi connectivity index (χ0n) is 13.7. The van der Waals surface area contributed by atoms with Gasteiger partial charge in [-0.3, -0.25) is 0 Å². The van der Waals surface area contributed by atoms with Crippen LogP contribution in [-0.2, 0) is 9.59 Å². The van der Waals surface area contributed by atoms with Crippen LogP contribution in [0.15, 0.2) is 23.3 Å². The molecule has 1 aliphatic rings. The second kappa shape index (κ2) is 11.0. The molecule has 0 bridgehead atoms. The van der Waals surface area contributed by atoms with Crippen LogP contribution in [0.1, 0.15) is 59.3 Å². The number of carboxylic acids is 2. The number of hydrogen-bond donors (Lipinski definition) is 3. The molecule has 0 spiro atoms. The summed E-state index contributed by atoms with van der Waals surface area (Å²) in [5.74, 6) is -1.18. The summed E-state index contributed by atoms with van der Waals surface area (Å²) < 4.78 is 0. The lowest BCUT2D eigenvalue weighted by Crippen LogP contribution is -2.06. The highest BCUT2D eigenvalue weighted by atomic mass is 16.4.